The Labute approximate surface area is 195 Å². The molecular formula is C23H32N4O3S2. The molecule has 3 heterocycles. The molecule has 0 unspecified atom stereocenters. The van der Waals surface area contributed by atoms with Crippen molar-refractivity contribution in [2.45, 2.75) is 23.1 Å². The third-order valence-corrected chi connectivity index (χ3v) is 9.66. The van der Waals surface area contributed by atoms with E-state index in [-0.39, 0.29) is 18.4 Å². The Hall–Kier alpha value is -1.78. The highest BCUT2D eigenvalue weighted by Gasteiger charge is 2.34. The lowest BCUT2D eigenvalue weighted by Crippen LogP contribution is -2.50. The highest BCUT2D eigenvalue weighted by molar-refractivity contribution is 7.91. The molecule has 4 rings (SSSR count). The lowest BCUT2D eigenvalue weighted by atomic mass is 9.99. The number of likely N-dealkylation sites (N-methyl/N-ethyl adjacent to an activating group) is 1. The Morgan fingerprint density at radius 2 is 1.91 bits per heavy atom. The number of piperidine rings is 1. The van der Waals surface area contributed by atoms with E-state index < -0.39 is 10.0 Å². The summed E-state index contributed by atoms with van der Waals surface area (Å²) < 4.78 is 27.5. The van der Waals surface area contributed by atoms with Gasteiger partial charge in [-0.2, -0.15) is 4.31 Å². The van der Waals surface area contributed by atoms with Crippen molar-refractivity contribution in [2.75, 3.05) is 52.9 Å². The summed E-state index contributed by atoms with van der Waals surface area (Å²) in [6.45, 7) is 5.02. The number of nitrogens with one attached hydrogen (secondary N) is 1. The molecule has 1 N–H and O–H groups in total. The van der Waals surface area contributed by atoms with E-state index in [0.717, 1.165) is 32.6 Å². The van der Waals surface area contributed by atoms with Gasteiger partial charge in [0.15, 0.2) is 0 Å². The van der Waals surface area contributed by atoms with Crippen LogP contribution in [0.5, 0.6) is 0 Å². The zero-order chi connectivity index (χ0) is 22.6. The Bertz CT molecular complexity index is 982. The minimum Gasteiger partial charge on any atom is -0.355 e. The minimum atomic E-state index is -3.51. The fourth-order valence-corrected chi connectivity index (χ4v) is 7.26. The average molecular weight is 477 g/mol. The minimum absolute atomic E-state index is 0.0403. The Morgan fingerprint density at radius 3 is 2.66 bits per heavy atom. The van der Waals surface area contributed by atoms with Crippen LogP contribution in [0.25, 0.3) is 0 Å². The second kappa shape index (κ2) is 10.4. The lowest BCUT2D eigenvalue weighted by Gasteiger charge is -2.40. The van der Waals surface area contributed by atoms with E-state index in [1.165, 1.54) is 21.2 Å². The molecule has 0 radical (unpaired) electrons. The number of carbonyl (C=O) groups is 1. The van der Waals surface area contributed by atoms with E-state index in [4.69, 9.17) is 0 Å². The van der Waals surface area contributed by atoms with Crippen LogP contribution in [-0.4, -0.2) is 81.3 Å². The number of sulfonamides is 1. The first-order valence-electron chi connectivity index (χ1n) is 11.2. The van der Waals surface area contributed by atoms with E-state index >= 15 is 0 Å². The monoisotopic (exact) mass is 476 g/mol. The van der Waals surface area contributed by atoms with Crippen molar-refractivity contribution in [3.05, 3.63) is 53.4 Å². The van der Waals surface area contributed by atoms with Crippen molar-refractivity contribution < 1.29 is 13.2 Å². The second-order valence-corrected chi connectivity index (χ2v) is 11.8. The molecule has 1 aromatic heterocycles. The van der Waals surface area contributed by atoms with Gasteiger partial charge >= 0.3 is 0 Å². The van der Waals surface area contributed by atoms with Crippen molar-refractivity contribution in [1.82, 2.24) is 19.4 Å². The summed E-state index contributed by atoms with van der Waals surface area (Å²) in [5.74, 6) is -0.336. The highest BCUT2D eigenvalue weighted by Crippen LogP contribution is 2.27. The van der Waals surface area contributed by atoms with Crippen molar-refractivity contribution in [2.24, 2.45) is 5.92 Å². The molecule has 174 valence electrons. The van der Waals surface area contributed by atoms with Gasteiger partial charge in [-0.15, -0.1) is 11.3 Å². The molecule has 1 amide bonds. The normalized spacial score (nSPS) is 23.8. The van der Waals surface area contributed by atoms with Crippen LogP contribution in [0, 0.1) is 5.92 Å². The smallest absolute Gasteiger partial charge is 0.252 e. The number of benzene rings is 1. The molecule has 0 aliphatic carbocycles. The van der Waals surface area contributed by atoms with Gasteiger partial charge in [0.25, 0.3) is 10.0 Å². The molecule has 1 aromatic carbocycles. The topological polar surface area (TPSA) is 73.0 Å². The number of carbonyl (C=O) groups excluding carboxylic acids is 1. The maximum absolute atomic E-state index is 12.8. The lowest BCUT2D eigenvalue weighted by molar-refractivity contribution is -0.126. The third-order valence-electron chi connectivity index (χ3n) is 6.42. The van der Waals surface area contributed by atoms with Crippen LogP contribution in [0.2, 0.25) is 0 Å². The van der Waals surface area contributed by atoms with Gasteiger partial charge in [0.05, 0.1) is 5.92 Å². The second-order valence-electron chi connectivity index (χ2n) is 8.65. The zero-order valence-corrected chi connectivity index (χ0v) is 20.2. The number of hydrogen-bond acceptors (Lipinski definition) is 6. The Kier molecular flexibility index (Phi) is 7.63. The van der Waals surface area contributed by atoms with Crippen LogP contribution in [-0.2, 0) is 14.8 Å². The first kappa shape index (κ1) is 23.4. The molecule has 2 fully saturated rings. The maximum atomic E-state index is 12.8. The van der Waals surface area contributed by atoms with Crippen LogP contribution in [0.4, 0.5) is 0 Å². The predicted octanol–water partition coefficient (Wildman–Crippen LogP) is 2.25. The average Bonchev–Trinajstić information content (AvgIpc) is 3.36. The number of amides is 1. The van der Waals surface area contributed by atoms with Crippen molar-refractivity contribution >= 4 is 27.3 Å². The van der Waals surface area contributed by atoms with Crippen molar-refractivity contribution in [3.8, 4) is 0 Å². The van der Waals surface area contributed by atoms with Crippen LogP contribution >= 0.6 is 11.3 Å². The van der Waals surface area contributed by atoms with Gasteiger partial charge in [-0.05, 0) is 36.9 Å². The summed E-state index contributed by atoms with van der Waals surface area (Å²) in [6.07, 6.45) is 1.43. The van der Waals surface area contributed by atoms with Crippen molar-refractivity contribution in [1.29, 1.82) is 0 Å². The van der Waals surface area contributed by atoms with Gasteiger partial charge < -0.3 is 10.2 Å². The standard InChI is InChI=1S/C23H32N4O3S2/c1-25-14-15-26(21(18-25)19-7-3-2-4-8-19)13-11-24-23(28)20-9-5-12-27(17-20)32(29,30)22-10-6-16-31-22/h2-4,6-8,10,16,20-21H,5,9,11-15,17-18H2,1H3,(H,24,28)/t20-,21-/m0/s1. The number of hydrogen-bond donors (Lipinski definition) is 1. The molecule has 2 atom stereocenters. The zero-order valence-electron chi connectivity index (χ0n) is 18.5. The molecule has 0 bridgehead atoms. The predicted molar refractivity (Wildman–Crippen MR) is 127 cm³/mol. The van der Waals surface area contributed by atoms with Crippen LogP contribution in [0.15, 0.2) is 52.1 Å². The van der Waals surface area contributed by atoms with Gasteiger partial charge in [-0.3, -0.25) is 9.69 Å². The van der Waals surface area contributed by atoms with E-state index in [1.54, 1.807) is 17.5 Å². The molecule has 2 aliphatic heterocycles. The van der Waals surface area contributed by atoms with E-state index in [0.29, 0.717) is 29.8 Å². The highest BCUT2D eigenvalue weighted by atomic mass is 32.2. The summed E-state index contributed by atoms with van der Waals surface area (Å²) in [5.41, 5.74) is 1.30. The first-order chi connectivity index (χ1) is 15.4. The van der Waals surface area contributed by atoms with Gasteiger partial charge in [-0.25, -0.2) is 8.42 Å². The molecule has 2 saturated heterocycles. The van der Waals surface area contributed by atoms with E-state index in [1.807, 2.05) is 6.07 Å². The van der Waals surface area contributed by atoms with Gasteiger partial charge in [0.2, 0.25) is 5.91 Å². The number of rotatable bonds is 7. The molecule has 2 aliphatic rings. The van der Waals surface area contributed by atoms with Crippen LogP contribution in [0.3, 0.4) is 0 Å². The molecular weight excluding hydrogens is 444 g/mol. The summed E-state index contributed by atoms with van der Waals surface area (Å²) in [4.78, 5) is 17.6. The number of piperazine rings is 1. The van der Waals surface area contributed by atoms with E-state index in [9.17, 15) is 13.2 Å². The third kappa shape index (κ3) is 5.40. The Balaban J connectivity index is 1.31. The molecule has 7 nitrogen and oxygen atoms in total. The summed E-state index contributed by atoms with van der Waals surface area (Å²) in [6, 6.07) is 14.2. The summed E-state index contributed by atoms with van der Waals surface area (Å²) in [7, 11) is -1.36. The molecule has 2 aromatic rings. The number of thiophene rings is 1. The molecule has 32 heavy (non-hydrogen) atoms. The SMILES string of the molecule is CN1CCN(CCNC(=O)[C@H]2CCCN(S(=O)(=O)c3cccs3)C2)[C@H](c2ccccc2)C1. The largest absolute Gasteiger partial charge is 0.355 e. The first-order valence-corrected chi connectivity index (χ1v) is 13.6. The van der Waals surface area contributed by atoms with Crippen LogP contribution in [0.1, 0.15) is 24.4 Å². The number of nitrogens with zero attached hydrogens (tertiary/aromatic N) is 3. The summed E-state index contributed by atoms with van der Waals surface area (Å²) >= 11 is 1.22. The quantitative estimate of drug-likeness (QED) is 0.664. The summed E-state index contributed by atoms with van der Waals surface area (Å²) in [5, 5.41) is 4.84. The fraction of sp³-hybridized carbons (Fsp3) is 0.522. The van der Waals surface area contributed by atoms with Crippen LogP contribution < -0.4 is 5.32 Å². The van der Waals surface area contributed by atoms with E-state index in [2.05, 4.69) is 46.4 Å². The van der Waals surface area contributed by atoms with Gasteiger partial charge in [-0.1, -0.05) is 36.4 Å². The maximum Gasteiger partial charge on any atom is 0.252 e. The van der Waals surface area contributed by atoms with Gasteiger partial charge in [0, 0.05) is 51.9 Å². The molecule has 0 saturated carbocycles. The molecule has 0 spiro atoms. The molecule has 9 heteroatoms. The van der Waals surface area contributed by atoms with Crippen molar-refractivity contribution in [3.63, 3.8) is 0 Å². The fourth-order valence-electron chi connectivity index (χ4n) is 4.60. The van der Waals surface area contributed by atoms with Gasteiger partial charge in [0.1, 0.15) is 4.21 Å². The Morgan fingerprint density at radius 1 is 1.09 bits per heavy atom.